The van der Waals surface area contributed by atoms with Crippen LogP contribution in [0.4, 0.5) is 0 Å². The van der Waals surface area contributed by atoms with Crippen LogP contribution in [0.15, 0.2) is 0 Å². The summed E-state index contributed by atoms with van der Waals surface area (Å²) in [6.07, 6.45) is 0. The van der Waals surface area contributed by atoms with E-state index >= 15 is 0 Å². The summed E-state index contributed by atoms with van der Waals surface area (Å²) in [5.41, 5.74) is -0.872. The van der Waals surface area contributed by atoms with Crippen LogP contribution in [0.25, 0.3) is 0 Å². The Bertz CT molecular complexity index is 181. The van der Waals surface area contributed by atoms with Crippen LogP contribution in [0, 0.1) is 0 Å². The molecule has 0 saturated carbocycles. The van der Waals surface area contributed by atoms with Crippen LogP contribution in [-0.2, 0) is 14.0 Å². The first-order valence-electron chi connectivity index (χ1n) is 5.82. The van der Waals surface area contributed by atoms with Gasteiger partial charge >= 0.3 is 36.9 Å². The predicted molar refractivity (Wildman–Crippen MR) is 69.4 cm³/mol. The van der Waals surface area contributed by atoms with Crippen molar-refractivity contribution in [2.24, 2.45) is 0 Å². The van der Waals surface area contributed by atoms with Crippen LogP contribution in [0.1, 0.15) is 63.7 Å². The Kier molecular flexibility index (Phi) is 8.25. The van der Waals surface area contributed by atoms with E-state index in [0.717, 1.165) is 0 Å². The molecule has 0 heterocycles. The molecule has 98 valence electrons. The molecule has 0 N–H and O–H groups in total. The second-order valence-electron chi connectivity index (χ2n) is 6.98. The minimum atomic E-state index is -0.639. The smallest absolute Gasteiger partial charge is 1.00 e. The number of hydrogen-bond acceptors (Lipinski definition) is 3. The fraction of sp³-hybridized carbons (Fsp3) is 1.00. The number of hydrogen-bond donors (Lipinski definition) is 0. The summed E-state index contributed by atoms with van der Waals surface area (Å²) in [4.78, 5) is 0. The molecule has 0 aliphatic heterocycles. The third kappa shape index (κ3) is 14.9. The minimum absolute atomic E-state index is 0. The van der Waals surface area contributed by atoms with Crippen LogP contribution in [0.3, 0.4) is 0 Å². The Morgan fingerprint density at radius 1 is 0.588 bits per heavy atom. The molecule has 0 aromatic heterocycles. The van der Waals surface area contributed by atoms with Crippen molar-refractivity contribution in [3.8, 4) is 0 Å². The van der Waals surface area contributed by atoms with Gasteiger partial charge in [-0.25, -0.2) is 0 Å². The standard InChI is InChI=1S/C12H27BO3.Na.H/c1-10(2,3)14-13(15-11(4,5)6)16-12(7,8)9;;/h1-9H3;;/q;+1;-1. The third-order valence-corrected chi connectivity index (χ3v) is 1.35. The van der Waals surface area contributed by atoms with Gasteiger partial charge in [0.1, 0.15) is 0 Å². The van der Waals surface area contributed by atoms with Crippen LogP contribution >= 0.6 is 0 Å². The van der Waals surface area contributed by atoms with Gasteiger partial charge in [-0.05, 0) is 62.3 Å². The Labute approximate surface area is 131 Å². The van der Waals surface area contributed by atoms with Crippen LogP contribution in [-0.4, -0.2) is 24.1 Å². The summed E-state index contributed by atoms with van der Waals surface area (Å²) < 4.78 is 17.2. The summed E-state index contributed by atoms with van der Waals surface area (Å²) in [5.74, 6) is 0. The summed E-state index contributed by atoms with van der Waals surface area (Å²) in [6.45, 7) is 17.9. The topological polar surface area (TPSA) is 27.7 Å². The van der Waals surface area contributed by atoms with Gasteiger partial charge in [-0.3, -0.25) is 0 Å². The quantitative estimate of drug-likeness (QED) is 0.688. The van der Waals surface area contributed by atoms with E-state index in [1.54, 1.807) is 0 Å². The zero-order valence-electron chi connectivity index (χ0n) is 14.3. The van der Waals surface area contributed by atoms with Crippen molar-refractivity contribution >= 4 is 7.32 Å². The molecule has 0 atom stereocenters. The molecular weight excluding hydrogens is 226 g/mol. The van der Waals surface area contributed by atoms with E-state index < -0.39 is 7.32 Å². The van der Waals surface area contributed by atoms with E-state index in [1.165, 1.54) is 0 Å². The predicted octanol–water partition coefficient (Wildman–Crippen LogP) is 0.533. The molecule has 17 heavy (non-hydrogen) atoms. The SMILES string of the molecule is CC(C)(C)OB(OC(C)(C)C)OC(C)(C)C.[H-].[Na+]. The molecule has 5 heteroatoms. The average Bonchev–Trinajstić information content (AvgIpc) is 1.70. The van der Waals surface area contributed by atoms with E-state index in [1.807, 2.05) is 62.3 Å². The first-order chi connectivity index (χ1) is 6.79. The van der Waals surface area contributed by atoms with Gasteiger partial charge in [0, 0.05) is 16.8 Å². The first kappa shape index (κ1) is 20.3. The molecule has 0 radical (unpaired) electrons. The van der Waals surface area contributed by atoms with Crippen molar-refractivity contribution in [3.63, 3.8) is 0 Å². The van der Waals surface area contributed by atoms with Gasteiger partial charge in [-0.15, -0.1) is 0 Å². The van der Waals surface area contributed by atoms with Crippen molar-refractivity contribution in [1.29, 1.82) is 0 Å². The zero-order chi connectivity index (χ0) is 13.2. The van der Waals surface area contributed by atoms with E-state index in [4.69, 9.17) is 14.0 Å². The summed E-state index contributed by atoms with van der Waals surface area (Å²) >= 11 is 0. The molecule has 0 aromatic rings. The Morgan fingerprint density at radius 2 is 0.765 bits per heavy atom. The number of rotatable bonds is 3. The zero-order valence-corrected chi connectivity index (χ0v) is 15.3. The largest absolute Gasteiger partial charge is 1.00 e. The molecule has 0 rings (SSSR count). The van der Waals surface area contributed by atoms with E-state index in [2.05, 4.69) is 0 Å². The maximum atomic E-state index is 5.75. The van der Waals surface area contributed by atoms with Gasteiger partial charge < -0.3 is 15.4 Å². The van der Waals surface area contributed by atoms with Gasteiger partial charge in [-0.2, -0.15) is 0 Å². The van der Waals surface area contributed by atoms with E-state index in [-0.39, 0.29) is 47.8 Å². The molecule has 3 nitrogen and oxygen atoms in total. The summed E-state index contributed by atoms with van der Waals surface area (Å²) in [7, 11) is -0.639. The Hall–Kier alpha value is 0.945. The van der Waals surface area contributed by atoms with Gasteiger partial charge in [0.05, 0.1) is 0 Å². The molecule has 0 spiro atoms. The fourth-order valence-electron chi connectivity index (χ4n) is 0.938. The van der Waals surface area contributed by atoms with Gasteiger partial charge in [0.2, 0.25) is 0 Å². The van der Waals surface area contributed by atoms with Gasteiger partial charge in [-0.1, -0.05) is 0 Å². The van der Waals surface area contributed by atoms with Gasteiger partial charge in [0.15, 0.2) is 0 Å². The first-order valence-corrected chi connectivity index (χ1v) is 5.82. The molecule has 0 unspecified atom stereocenters. The second-order valence-corrected chi connectivity index (χ2v) is 6.98. The summed E-state index contributed by atoms with van der Waals surface area (Å²) in [6, 6.07) is 0. The molecule has 0 amide bonds. The molecule has 0 aliphatic rings. The average molecular weight is 254 g/mol. The molecule has 0 bridgehead atoms. The van der Waals surface area contributed by atoms with Crippen LogP contribution in [0.5, 0.6) is 0 Å². The van der Waals surface area contributed by atoms with Crippen molar-refractivity contribution in [2.45, 2.75) is 79.1 Å². The van der Waals surface area contributed by atoms with Crippen molar-refractivity contribution in [1.82, 2.24) is 0 Å². The minimum Gasteiger partial charge on any atom is -1.00 e. The van der Waals surface area contributed by atoms with E-state index in [9.17, 15) is 0 Å². The molecule has 0 aromatic carbocycles. The van der Waals surface area contributed by atoms with Crippen LogP contribution in [0.2, 0.25) is 0 Å². The Morgan fingerprint density at radius 3 is 0.882 bits per heavy atom. The van der Waals surface area contributed by atoms with Crippen molar-refractivity contribution in [2.75, 3.05) is 0 Å². The van der Waals surface area contributed by atoms with E-state index in [0.29, 0.717) is 0 Å². The summed E-state index contributed by atoms with van der Waals surface area (Å²) in [5, 5.41) is 0. The van der Waals surface area contributed by atoms with Crippen LogP contribution < -0.4 is 29.6 Å². The van der Waals surface area contributed by atoms with Crippen molar-refractivity contribution < 1.29 is 44.9 Å². The maximum absolute atomic E-state index is 5.75. The normalized spacial score (nSPS) is 13.2. The van der Waals surface area contributed by atoms with Gasteiger partial charge in [0.25, 0.3) is 0 Å². The fourth-order valence-corrected chi connectivity index (χ4v) is 0.938. The molecule has 0 aliphatic carbocycles. The maximum Gasteiger partial charge on any atom is 1.00 e. The molecule has 0 saturated heterocycles. The molecule has 0 fully saturated rings. The monoisotopic (exact) mass is 254 g/mol. The second kappa shape index (κ2) is 6.92. The van der Waals surface area contributed by atoms with Crippen molar-refractivity contribution in [3.05, 3.63) is 0 Å². The Balaban J connectivity index is -0.00000112. The third-order valence-electron chi connectivity index (χ3n) is 1.35. The molecular formula is C12H28BNaO3.